The van der Waals surface area contributed by atoms with Crippen molar-refractivity contribution in [3.8, 4) is 5.75 Å². The number of carbonyl (C=O) groups excluding carboxylic acids is 1. The van der Waals surface area contributed by atoms with Gasteiger partial charge < -0.3 is 14.5 Å². The Kier molecular flexibility index (Phi) is 5.33. The molecule has 4 aromatic rings. The zero-order chi connectivity index (χ0) is 19.2. The van der Waals surface area contributed by atoms with Crippen LogP contribution in [0.2, 0.25) is 0 Å². The van der Waals surface area contributed by atoms with Crippen LogP contribution in [0.25, 0.3) is 10.9 Å². The quantitative estimate of drug-likeness (QED) is 0.484. The van der Waals surface area contributed by atoms with Gasteiger partial charge >= 0.3 is 5.97 Å². The second kappa shape index (κ2) is 8.39. The lowest BCUT2D eigenvalue weighted by atomic mass is 10.2. The first-order valence-electron chi connectivity index (χ1n) is 9.14. The van der Waals surface area contributed by atoms with Crippen molar-refractivity contribution in [2.45, 2.75) is 13.0 Å². The van der Waals surface area contributed by atoms with Gasteiger partial charge in [-0.2, -0.15) is 0 Å². The molecule has 0 unspecified atom stereocenters. The number of nitrogens with zero attached hydrogens (tertiary/aromatic N) is 1. The van der Waals surface area contributed by atoms with Crippen LogP contribution in [0.1, 0.15) is 21.6 Å². The fraction of sp³-hybridized carbons (Fsp3) is 0.130. The van der Waals surface area contributed by atoms with Crippen LogP contribution < -0.4 is 4.74 Å². The summed E-state index contributed by atoms with van der Waals surface area (Å²) in [6.45, 7) is 0.635. The Balaban J connectivity index is 1.36. The molecule has 0 amide bonds. The third kappa shape index (κ3) is 4.20. The molecule has 5 heteroatoms. The van der Waals surface area contributed by atoms with Gasteiger partial charge in [-0.1, -0.05) is 36.4 Å². The minimum Gasteiger partial charge on any atom is -0.488 e. The number of hydrogen-bond donors (Lipinski definition) is 1. The molecule has 2 aromatic heterocycles. The molecule has 0 bridgehead atoms. The molecule has 0 aliphatic rings. The Labute approximate surface area is 163 Å². The fourth-order valence-corrected chi connectivity index (χ4v) is 3.01. The summed E-state index contributed by atoms with van der Waals surface area (Å²) in [5.74, 6) is 0.111. The fourth-order valence-electron chi connectivity index (χ4n) is 3.01. The molecule has 1 N–H and O–H groups in total. The van der Waals surface area contributed by atoms with Gasteiger partial charge in [0, 0.05) is 35.6 Å². The van der Waals surface area contributed by atoms with Crippen molar-refractivity contribution in [1.82, 2.24) is 9.97 Å². The Morgan fingerprint density at radius 2 is 1.86 bits per heavy atom. The third-order valence-corrected chi connectivity index (χ3v) is 4.41. The van der Waals surface area contributed by atoms with Crippen molar-refractivity contribution < 1.29 is 14.3 Å². The minimum absolute atomic E-state index is 0.294. The molecule has 0 atom stereocenters. The maximum Gasteiger partial charge on any atom is 0.341 e. The average Bonchev–Trinajstić information content (AvgIpc) is 3.16. The van der Waals surface area contributed by atoms with Crippen molar-refractivity contribution in [2.75, 3.05) is 6.61 Å². The summed E-state index contributed by atoms with van der Waals surface area (Å²) in [6.07, 6.45) is 4.07. The lowest BCUT2D eigenvalue weighted by molar-refractivity contribution is 0.0503. The first kappa shape index (κ1) is 17.8. The molecule has 2 aromatic carbocycles. The molecule has 0 aliphatic heterocycles. The average molecular weight is 372 g/mol. The van der Waals surface area contributed by atoms with Gasteiger partial charge in [0.15, 0.2) is 0 Å². The van der Waals surface area contributed by atoms with Crippen LogP contribution in [-0.2, 0) is 17.8 Å². The van der Waals surface area contributed by atoms with Crippen LogP contribution in [0.3, 0.4) is 0 Å². The van der Waals surface area contributed by atoms with Crippen molar-refractivity contribution in [3.05, 3.63) is 95.9 Å². The molecule has 0 fully saturated rings. The van der Waals surface area contributed by atoms with E-state index in [1.807, 2.05) is 36.4 Å². The number of pyridine rings is 1. The number of rotatable bonds is 7. The highest BCUT2D eigenvalue weighted by Crippen LogP contribution is 2.21. The number of aromatic amines is 1. The predicted octanol–water partition coefficient (Wildman–Crippen LogP) is 4.54. The van der Waals surface area contributed by atoms with E-state index in [1.54, 1.807) is 30.6 Å². The molecular weight excluding hydrogens is 352 g/mol. The summed E-state index contributed by atoms with van der Waals surface area (Å²) in [5.41, 5.74) is 3.47. The summed E-state index contributed by atoms with van der Waals surface area (Å²) >= 11 is 0. The zero-order valence-electron chi connectivity index (χ0n) is 15.3. The van der Waals surface area contributed by atoms with Crippen LogP contribution in [0.4, 0.5) is 0 Å². The van der Waals surface area contributed by atoms with Crippen LogP contribution in [0.5, 0.6) is 5.75 Å². The first-order chi connectivity index (χ1) is 13.8. The molecule has 0 saturated heterocycles. The van der Waals surface area contributed by atoms with Gasteiger partial charge in [-0.25, -0.2) is 4.79 Å². The topological polar surface area (TPSA) is 64.2 Å². The van der Waals surface area contributed by atoms with Gasteiger partial charge in [-0.15, -0.1) is 0 Å². The van der Waals surface area contributed by atoms with Gasteiger partial charge in [0.1, 0.15) is 17.9 Å². The van der Waals surface area contributed by atoms with Gasteiger partial charge in [0.05, 0.1) is 6.61 Å². The monoisotopic (exact) mass is 372 g/mol. The normalized spacial score (nSPS) is 10.7. The molecule has 0 spiro atoms. The standard InChI is InChI=1S/C23H20N2O3/c26-23(27-13-11-19-14-18-7-1-3-9-21(18)25-19)20-8-2-4-10-22(20)28-16-17-6-5-12-24-15-17/h1-10,12,14-15,25H,11,13,16H2. The Bertz CT molecular complexity index is 1040. The van der Waals surface area contributed by atoms with E-state index in [4.69, 9.17) is 9.47 Å². The summed E-state index contributed by atoms with van der Waals surface area (Å²) < 4.78 is 11.3. The largest absolute Gasteiger partial charge is 0.488 e. The second-order valence-electron chi connectivity index (χ2n) is 6.41. The molecule has 2 heterocycles. The van der Waals surface area contributed by atoms with Crippen molar-refractivity contribution in [2.24, 2.45) is 0 Å². The van der Waals surface area contributed by atoms with E-state index < -0.39 is 5.97 Å². The molecule has 28 heavy (non-hydrogen) atoms. The van der Waals surface area contributed by atoms with E-state index in [9.17, 15) is 4.79 Å². The van der Waals surface area contributed by atoms with Gasteiger partial charge in [0.25, 0.3) is 0 Å². The SMILES string of the molecule is O=C(OCCc1cc2ccccc2[nH]1)c1ccccc1OCc1cccnc1. The van der Waals surface area contributed by atoms with Crippen LogP contribution in [-0.4, -0.2) is 22.5 Å². The van der Waals surface area contributed by atoms with E-state index in [0.29, 0.717) is 30.9 Å². The highest BCUT2D eigenvalue weighted by atomic mass is 16.5. The molecule has 5 nitrogen and oxygen atoms in total. The summed E-state index contributed by atoms with van der Waals surface area (Å²) in [5, 5.41) is 1.15. The maximum atomic E-state index is 12.5. The lowest BCUT2D eigenvalue weighted by Gasteiger charge is -2.11. The molecular formula is C23H20N2O3. The summed E-state index contributed by atoms with van der Waals surface area (Å²) in [7, 11) is 0. The smallest absolute Gasteiger partial charge is 0.341 e. The molecule has 0 aliphatic carbocycles. The highest BCUT2D eigenvalue weighted by Gasteiger charge is 2.14. The minimum atomic E-state index is -0.391. The Morgan fingerprint density at radius 1 is 1.00 bits per heavy atom. The van der Waals surface area contributed by atoms with Crippen molar-refractivity contribution >= 4 is 16.9 Å². The van der Waals surface area contributed by atoms with Gasteiger partial charge in [-0.3, -0.25) is 4.98 Å². The number of nitrogens with one attached hydrogen (secondary N) is 1. The van der Waals surface area contributed by atoms with Gasteiger partial charge in [-0.05, 0) is 35.7 Å². The van der Waals surface area contributed by atoms with Crippen molar-refractivity contribution in [3.63, 3.8) is 0 Å². The number of hydrogen-bond acceptors (Lipinski definition) is 4. The lowest BCUT2D eigenvalue weighted by Crippen LogP contribution is -2.10. The Morgan fingerprint density at radius 3 is 2.71 bits per heavy atom. The zero-order valence-corrected chi connectivity index (χ0v) is 15.3. The molecule has 0 saturated carbocycles. The second-order valence-corrected chi connectivity index (χ2v) is 6.41. The van der Waals surface area contributed by atoms with Crippen LogP contribution in [0, 0.1) is 0 Å². The number of esters is 1. The number of H-pyrrole nitrogens is 1. The van der Waals surface area contributed by atoms with E-state index in [-0.39, 0.29) is 0 Å². The van der Waals surface area contributed by atoms with E-state index in [0.717, 1.165) is 22.2 Å². The number of fused-ring (bicyclic) bond motifs is 1. The number of ether oxygens (including phenoxy) is 2. The number of aromatic nitrogens is 2. The van der Waals surface area contributed by atoms with Crippen molar-refractivity contribution in [1.29, 1.82) is 0 Å². The Hall–Kier alpha value is -3.60. The highest BCUT2D eigenvalue weighted by molar-refractivity contribution is 5.92. The number of carbonyl (C=O) groups is 1. The van der Waals surface area contributed by atoms with Gasteiger partial charge in [0.2, 0.25) is 0 Å². The molecule has 4 rings (SSSR count). The molecule has 140 valence electrons. The van der Waals surface area contributed by atoms with E-state index in [1.165, 1.54) is 0 Å². The summed E-state index contributed by atoms with van der Waals surface area (Å²) in [4.78, 5) is 19.9. The van der Waals surface area contributed by atoms with Crippen LogP contribution in [0.15, 0.2) is 79.1 Å². The van der Waals surface area contributed by atoms with E-state index in [2.05, 4.69) is 22.1 Å². The number of para-hydroxylation sites is 2. The number of benzene rings is 2. The maximum absolute atomic E-state index is 12.5. The molecule has 0 radical (unpaired) electrons. The van der Waals surface area contributed by atoms with E-state index >= 15 is 0 Å². The predicted molar refractivity (Wildman–Crippen MR) is 107 cm³/mol. The van der Waals surface area contributed by atoms with Crippen LogP contribution >= 0.6 is 0 Å². The summed E-state index contributed by atoms with van der Waals surface area (Å²) in [6, 6.07) is 21.0. The first-order valence-corrected chi connectivity index (χ1v) is 9.14. The third-order valence-electron chi connectivity index (χ3n) is 4.41.